The van der Waals surface area contributed by atoms with Crippen molar-refractivity contribution in [1.82, 2.24) is 9.36 Å². The van der Waals surface area contributed by atoms with Crippen LogP contribution in [-0.2, 0) is 37.9 Å². The van der Waals surface area contributed by atoms with Crippen LogP contribution >= 0.6 is 23.1 Å². The van der Waals surface area contributed by atoms with Gasteiger partial charge in [-0.15, -0.1) is 0 Å². The molecule has 14 heteroatoms. The zero-order valence-electron chi connectivity index (χ0n) is 19.3. The maximum Gasteiger partial charge on any atom is 0.236 e. The van der Waals surface area contributed by atoms with Crippen LogP contribution in [0.3, 0.4) is 0 Å². The summed E-state index contributed by atoms with van der Waals surface area (Å²) in [5, 5.41) is 12.6. The number of nitrogens with zero attached hydrogens (tertiary/aromatic N) is 2. The summed E-state index contributed by atoms with van der Waals surface area (Å²) in [7, 11) is 0. The summed E-state index contributed by atoms with van der Waals surface area (Å²) in [6, 6.07) is -0.344. The van der Waals surface area contributed by atoms with Crippen molar-refractivity contribution >= 4 is 28.3 Å². The van der Waals surface area contributed by atoms with Gasteiger partial charge in [-0.1, -0.05) is 0 Å². The van der Waals surface area contributed by atoms with Crippen molar-refractivity contribution in [3.63, 3.8) is 0 Å². The first-order chi connectivity index (χ1) is 16.4. The first kappa shape index (κ1) is 26.4. The molecule has 0 aliphatic carbocycles. The molecule has 2 N–H and O–H groups in total. The van der Waals surface area contributed by atoms with E-state index in [1.165, 1.54) is 0 Å². The molecule has 12 nitrogen and oxygen atoms in total. The molecule has 3 saturated heterocycles. The van der Waals surface area contributed by atoms with Crippen LogP contribution in [0, 0.1) is 0 Å². The van der Waals surface area contributed by atoms with Gasteiger partial charge in [-0.05, 0) is 25.4 Å². The second kappa shape index (κ2) is 12.0. The average Bonchev–Trinajstić information content (AvgIpc) is 3.48. The third-order valence-electron chi connectivity index (χ3n) is 5.53. The number of aromatic nitrogens is 2. The van der Waals surface area contributed by atoms with E-state index in [-0.39, 0.29) is 30.6 Å². The highest BCUT2D eigenvalue weighted by Gasteiger charge is 2.66. The largest absolute Gasteiger partial charge is 0.394 e. The summed E-state index contributed by atoms with van der Waals surface area (Å²) in [6.45, 7) is 7.32. The van der Waals surface area contributed by atoms with Gasteiger partial charge >= 0.3 is 0 Å². The molecule has 3 aliphatic rings. The number of hydrogen-bond donors (Lipinski definition) is 2. The van der Waals surface area contributed by atoms with Crippen LogP contribution in [0.5, 0.6) is 0 Å². The minimum Gasteiger partial charge on any atom is -0.394 e. The SMILES string of the molecule is CC1(C)O[C@@H]2[C@@H](Nc3nc(Cl)ns3)[C@@H]3OC[C@](COCCOCCOCCOCCO)(O3)[C@@H]2O1. The van der Waals surface area contributed by atoms with Crippen LogP contribution in [0.2, 0.25) is 5.28 Å². The van der Waals surface area contributed by atoms with Crippen LogP contribution < -0.4 is 5.32 Å². The molecule has 0 amide bonds. The van der Waals surface area contributed by atoms with Crippen molar-refractivity contribution in [2.45, 2.75) is 49.8 Å². The zero-order chi connectivity index (χ0) is 24.0. The number of rotatable bonds is 15. The van der Waals surface area contributed by atoms with Crippen LogP contribution in [0.4, 0.5) is 5.13 Å². The molecule has 0 unspecified atom stereocenters. The van der Waals surface area contributed by atoms with E-state index in [0.717, 1.165) is 11.5 Å². The molecule has 0 aromatic carbocycles. The molecule has 0 saturated carbocycles. The van der Waals surface area contributed by atoms with E-state index in [1.807, 2.05) is 13.8 Å². The fourth-order valence-corrected chi connectivity index (χ4v) is 4.90. The zero-order valence-corrected chi connectivity index (χ0v) is 20.8. The van der Waals surface area contributed by atoms with Gasteiger partial charge in [0, 0.05) is 11.5 Å². The number of halogens is 1. The Morgan fingerprint density at radius 1 is 1.03 bits per heavy atom. The van der Waals surface area contributed by atoms with Crippen molar-refractivity contribution in [2.24, 2.45) is 0 Å². The van der Waals surface area contributed by atoms with E-state index in [0.29, 0.717) is 58.0 Å². The maximum absolute atomic E-state index is 8.63. The molecule has 2 bridgehead atoms. The Bertz CT molecular complexity index is 775. The molecule has 3 aliphatic heterocycles. The minimum atomic E-state index is -0.780. The van der Waals surface area contributed by atoms with Gasteiger partial charge in [-0.3, -0.25) is 0 Å². The number of hydrogen-bond acceptors (Lipinski definition) is 13. The van der Waals surface area contributed by atoms with Crippen LogP contribution in [0.1, 0.15) is 13.8 Å². The predicted octanol–water partition coefficient (Wildman–Crippen LogP) is 0.676. The number of aliphatic hydroxyl groups excluding tert-OH is 1. The number of nitrogens with one attached hydrogen (secondary N) is 1. The van der Waals surface area contributed by atoms with Crippen LogP contribution in [0.25, 0.3) is 0 Å². The summed E-state index contributed by atoms with van der Waals surface area (Å²) in [5.41, 5.74) is -0.780. The molecule has 1 aromatic heterocycles. The number of ether oxygens (including phenoxy) is 8. The summed E-state index contributed by atoms with van der Waals surface area (Å²) >= 11 is 7.02. The second-order valence-corrected chi connectivity index (χ2v) is 9.62. The van der Waals surface area contributed by atoms with E-state index in [4.69, 9.17) is 54.6 Å². The minimum absolute atomic E-state index is 0.0116. The highest BCUT2D eigenvalue weighted by Crippen LogP contribution is 2.47. The Morgan fingerprint density at radius 3 is 2.35 bits per heavy atom. The lowest BCUT2D eigenvalue weighted by Crippen LogP contribution is -2.63. The van der Waals surface area contributed by atoms with Crippen LogP contribution in [-0.4, -0.2) is 116 Å². The standard InChI is InChI=1S/C20H32ClN3O9S/c1-19(2)31-14-13(22-18-23-17(21)24-34-18)16-30-12-20(33-16,15(14)32-19)11-29-10-9-28-8-7-27-6-5-26-4-3-25/h13-16,25H,3-12H2,1-2H3,(H,22,23,24)/t13-,14-,15-,16-,20+/m1/s1. The van der Waals surface area contributed by atoms with Crippen LogP contribution in [0.15, 0.2) is 0 Å². The Kier molecular flexibility index (Phi) is 9.32. The topological polar surface area (TPSA) is 132 Å². The Balaban J connectivity index is 1.21. The predicted molar refractivity (Wildman–Crippen MR) is 120 cm³/mol. The maximum atomic E-state index is 8.63. The third kappa shape index (κ3) is 6.53. The van der Waals surface area contributed by atoms with Gasteiger partial charge in [0.1, 0.15) is 23.9 Å². The molecular weight excluding hydrogens is 494 g/mol. The van der Waals surface area contributed by atoms with Gasteiger partial charge in [-0.2, -0.15) is 9.36 Å². The van der Waals surface area contributed by atoms with Gasteiger partial charge < -0.3 is 48.3 Å². The quantitative estimate of drug-likeness (QED) is 0.312. The van der Waals surface area contributed by atoms with E-state index in [9.17, 15) is 0 Å². The first-order valence-electron chi connectivity index (χ1n) is 11.3. The van der Waals surface area contributed by atoms with Crippen molar-refractivity contribution in [1.29, 1.82) is 0 Å². The molecule has 0 radical (unpaired) electrons. The van der Waals surface area contributed by atoms with Crippen molar-refractivity contribution in [2.75, 3.05) is 71.4 Å². The summed E-state index contributed by atoms with van der Waals surface area (Å²) in [4.78, 5) is 4.16. The molecule has 4 rings (SSSR count). The Hall–Kier alpha value is -0.710. The lowest BCUT2D eigenvalue weighted by atomic mass is 9.88. The molecule has 4 heterocycles. The fourth-order valence-electron chi connectivity index (χ4n) is 4.15. The van der Waals surface area contributed by atoms with Crippen molar-refractivity contribution in [3.8, 4) is 0 Å². The smallest absolute Gasteiger partial charge is 0.236 e. The number of anilines is 1. The molecule has 0 spiro atoms. The average molecular weight is 526 g/mol. The van der Waals surface area contributed by atoms with Gasteiger partial charge in [-0.25, -0.2) is 0 Å². The van der Waals surface area contributed by atoms with Crippen molar-refractivity contribution < 1.29 is 43.0 Å². The monoisotopic (exact) mass is 525 g/mol. The Labute approximate surface area is 207 Å². The number of aliphatic hydroxyl groups is 1. The first-order valence-corrected chi connectivity index (χ1v) is 12.4. The highest BCUT2D eigenvalue weighted by molar-refractivity contribution is 7.09. The van der Waals surface area contributed by atoms with Gasteiger partial charge in [0.2, 0.25) is 10.4 Å². The highest BCUT2D eigenvalue weighted by atomic mass is 35.5. The second-order valence-electron chi connectivity index (χ2n) is 8.53. The molecule has 1 aromatic rings. The molecular formula is C20H32ClN3O9S. The Morgan fingerprint density at radius 2 is 1.71 bits per heavy atom. The van der Waals surface area contributed by atoms with E-state index in [1.54, 1.807) is 0 Å². The molecule has 34 heavy (non-hydrogen) atoms. The van der Waals surface area contributed by atoms with E-state index < -0.39 is 23.8 Å². The van der Waals surface area contributed by atoms with E-state index >= 15 is 0 Å². The normalized spacial score (nSPS) is 31.6. The summed E-state index contributed by atoms with van der Waals surface area (Å²) in [5.74, 6) is -0.777. The lowest BCUT2D eigenvalue weighted by molar-refractivity contribution is -0.208. The molecule has 3 fully saturated rings. The molecule has 5 atom stereocenters. The fraction of sp³-hybridized carbons (Fsp3) is 0.900. The van der Waals surface area contributed by atoms with E-state index in [2.05, 4.69) is 14.7 Å². The van der Waals surface area contributed by atoms with Gasteiger partial charge in [0.25, 0.3) is 0 Å². The summed E-state index contributed by atoms with van der Waals surface area (Å²) < 4.78 is 50.7. The lowest BCUT2D eigenvalue weighted by Gasteiger charge is -2.42. The third-order valence-corrected chi connectivity index (χ3v) is 6.44. The summed E-state index contributed by atoms with van der Waals surface area (Å²) in [6.07, 6.45) is -1.29. The van der Waals surface area contributed by atoms with Gasteiger partial charge in [0.05, 0.1) is 66.1 Å². The number of fused-ring (bicyclic) bond motifs is 4. The molecule has 194 valence electrons. The van der Waals surface area contributed by atoms with Crippen molar-refractivity contribution in [3.05, 3.63) is 5.28 Å². The van der Waals surface area contributed by atoms with Gasteiger partial charge in [0.15, 0.2) is 12.1 Å².